The summed E-state index contributed by atoms with van der Waals surface area (Å²) in [5.41, 5.74) is 1.93. The number of amides is 2. The van der Waals surface area contributed by atoms with Gasteiger partial charge in [0.15, 0.2) is 0 Å². The summed E-state index contributed by atoms with van der Waals surface area (Å²) in [6.07, 6.45) is 2.19. The lowest BCUT2D eigenvalue weighted by Gasteiger charge is -2.39. The molecule has 0 aliphatic carbocycles. The molecule has 2 rings (SSSR count). The number of anilines is 1. The first-order valence-corrected chi connectivity index (χ1v) is 12.1. The van der Waals surface area contributed by atoms with Crippen molar-refractivity contribution in [1.82, 2.24) is 10.2 Å². The predicted molar refractivity (Wildman–Crippen MR) is 125 cm³/mol. The fourth-order valence-corrected chi connectivity index (χ4v) is 4.50. The van der Waals surface area contributed by atoms with Gasteiger partial charge in [-0.3, -0.25) is 14.5 Å². The summed E-state index contributed by atoms with van der Waals surface area (Å²) < 4.78 is 5.49. The Kier molecular flexibility index (Phi) is 10.7. The number of aryl methyl sites for hydroxylation is 1. The minimum atomic E-state index is -0.277. The molecule has 2 N–H and O–H groups in total. The monoisotopic (exact) mass is 435 g/mol. The number of ether oxygens (including phenoxy) is 1. The Bertz CT molecular complexity index is 658. The van der Waals surface area contributed by atoms with Gasteiger partial charge in [0.1, 0.15) is 0 Å². The van der Waals surface area contributed by atoms with Crippen LogP contribution >= 0.6 is 11.8 Å². The second-order valence-electron chi connectivity index (χ2n) is 7.90. The molecule has 1 aliphatic heterocycles. The van der Waals surface area contributed by atoms with E-state index in [4.69, 9.17) is 4.74 Å². The molecular weight excluding hydrogens is 398 g/mol. The van der Waals surface area contributed by atoms with Gasteiger partial charge in [-0.25, -0.2) is 0 Å². The molecule has 0 spiro atoms. The van der Waals surface area contributed by atoms with E-state index in [0.717, 1.165) is 50.4 Å². The Balaban J connectivity index is 1.79. The van der Waals surface area contributed by atoms with Crippen molar-refractivity contribution in [1.29, 1.82) is 0 Å². The minimum Gasteiger partial charge on any atom is -0.379 e. The molecule has 1 aromatic rings. The highest BCUT2D eigenvalue weighted by Gasteiger charge is 2.28. The molecule has 1 aliphatic rings. The van der Waals surface area contributed by atoms with Gasteiger partial charge < -0.3 is 15.4 Å². The topological polar surface area (TPSA) is 70.7 Å². The number of nitrogens with one attached hydrogen (secondary N) is 2. The number of hydrogen-bond acceptors (Lipinski definition) is 5. The van der Waals surface area contributed by atoms with E-state index in [1.807, 2.05) is 38.1 Å². The molecule has 1 saturated heterocycles. The van der Waals surface area contributed by atoms with Crippen molar-refractivity contribution in [3.63, 3.8) is 0 Å². The second kappa shape index (κ2) is 13.0. The molecule has 6 nitrogen and oxygen atoms in total. The maximum atomic E-state index is 12.6. The van der Waals surface area contributed by atoms with Gasteiger partial charge in [-0.1, -0.05) is 44.4 Å². The van der Waals surface area contributed by atoms with Crippen LogP contribution in [0.25, 0.3) is 0 Å². The van der Waals surface area contributed by atoms with Crippen LogP contribution in [0.4, 0.5) is 5.69 Å². The van der Waals surface area contributed by atoms with E-state index in [-0.39, 0.29) is 22.8 Å². The van der Waals surface area contributed by atoms with Gasteiger partial charge in [-0.05, 0) is 31.9 Å². The third-order valence-electron chi connectivity index (χ3n) is 5.76. The summed E-state index contributed by atoms with van der Waals surface area (Å²) in [6, 6.07) is 8.03. The Morgan fingerprint density at radius 2 is 1.77 bits per heavy atom. The molecule has 7 heteroatoms. The summed E-state index contributed by atoms with van der Waals surface area (Å²) in [4.78, 5) is 27.3. The highest BCUT2D eigenvalue weighted by molar-refractivity contribution is 8.01. The summed E-state index contributed by atoms with van der Waals surface area (Å²) in [7, 11) is 0. The van der Waals surface area contributed by atoms with Gasteiger partial charge in [-0.2, -0.15) is 0 Å². The van der Waals surface area contributed by atoms with E-state index in [9.17, 15) is 9.59 Å². The number of carbonyl (C=O) groups is 2. The highest BCUT2D eigenvalue weighted by atomic mass is 32.2. The van der Waals surface area contributed by atoms with Gasteiger partial charge in [0.2, 0.25) is 11.8 Å². The number of carbonyl (C=O) groups excluding carboxylic acids is 2. The first kappa shape index (κ1) is 24.7. The molecule has 168 valence electrons. The van der Waals surface area contributed by atoms with E-state index >= 15 is 0 Å². The van der Waals surface area contributed by atoms with E-state index < -0.39 is 0 Å². The Labute approximate surface area is 185 Å². The number of thioether (sulfide) groups is 1. The minimum absolute atomic E-state index is 0.00708. The van der Waals surface area contributed by atoms with Gasteiger partial charge >= 0.3 is 0 Å². The first-order valence-electron chi connectivity index (χ1n) is 11.0. The van der Waals surface area contributed by atoms with Crippen molar-refractivity contribution in [3.05, 3.63) is 29.8 Å². The van der Waals surface area contributed by atoms with Gasteiger partial charge in [0.05, 0.1) is 24.2 Å². The SMILES string of the molecule is CCC(CC)C(CNC(=O)C(C)SCC(=O)Nc1ccc(C)cc1)N1CCOCC1. The van der Waals surface area contributed by atoms with Crippen LogP contribution in [-0.4, -0.2) is 66.6 Å². The van der Waals surface area contributed by atoms with Crippen LogP contribution in [0.1, 0.15) is 39.2 Å². The smallest absolute Gasteiger partial charge is 0.234 e. The Hall–Kier alpha value is -1.57. The zero-order valence-electron chi connectivity index (χ0n) is 18.8. The van der Waals surface area contributed by atoms with Crippen LogP contribution in [0.15, 0.2) is 24.3 Å². The molecule has 2 unspecified atom stereocenters. The number of morpholine rings is 1. The molecule has 0 saturated carbocycles. The average molecular weight is 436 g/mol. The number of nitrogens with zero attached hydrogens (tertiary/aromatic N) is 1. The van der Waals surface area contributed by atoms with Crippen molar-refractivity contribution in [2.45, 2.75) is 51.8 Å². The lowest BCUT2D eigenvalue weighted by atomic mass is 9.92. The highest BCUT2D eigenvalue weighted by Crippen LogP contribution is 2.20. The zero-order chi connectivity index (χ0) is 21.9. The second-order valence-corrected chi connectivity index (χ2v) is 9.23. The van der Waals surface area contributed by atoms with Crippen LogP contribution in [0.2, 0.25) is 0 Å². The molecule has 0 aromatic heterocycles. The zero-order valence-corrected chi connectivity index (χ0v) is 19.6. The Morgan fingerprint density at radius 1 is 1.13 bits per heavy atom. The van der Waals surface area contributed by atoms with Gasteiger partial charge in [0.25, 0.3) is 0 Å². The third kappa shape index (κ3) is 7.93. The summed E-state index contributed by atoms with van der Waals surface area (Å²) >= 11 is 1.36. The maximum absolute atomic E-state index is 12.6. The van der Waals surface area contributed by atoms with E-state index in [0.29, 0.717) is 18.5 Å². The number of hydrogen-bond donors (Lipinski definition) is 2. The lowest BCUT2D eigenvalue weighted by molar-refractivity contribution is -0.120. The van der Waals surface area contributed by atoms with E-state index in [2.05, 4.69) is 29.4 Å². The van der Waals surface area contributed by atoms with Crippen molar-refractivity contribution >= 4 is 29.3 Å². The van der Waals surface area contributed by atoms with Crippen LogP contribution in [0.5, 0.6) is 0 Å². The normalized spacial score (nSPS) is 16.8. The molecule has 1 aromatic carbocycles. The van der Waals surface area contributed by atoms with E-state index in [1.165, 1.54) is 11.8 Å². The van der Waals surface area contributed by atoms with Crippen molar-refractivity contribution in [2.75, 3.05) is 43.9 Å². The average Bonchev–Trinajstić information content (AvgIpc) is 2.77. The summed E-state index contributed by atoms with van der Waals surface area (Å²) in [5, 5.41) is 5.73. The summed E-state index contributed by atoms with van der Waals surface area (Å²) in [5.74, 6) is 0.702. The van der Waals surface area contributed by atoms with Crippen LogP contribution < -0.4 is 10.6 Å². The molecule has 30 heavy (non-hydrogen) atoms. The Morgan fingerprint density at radius 3 is 2.37 bits per heavy atom. The fraction of sp³-hybridized carbons (Fsp3) is 0.652. The molecule has 2 amide bonds. The van der Waals surface area contributed by atoms with Crippen LogP contribution in [-0.2, 0) is 14.3 Å². The van der Waals surface area contributed by atoms with Crippen molar-refractivity contribution in [2.24, 2.45) is 5.92 Å². The summed E-state index contributed by atoms with van der Waals surface area (Å²) in [6.45, 7) is 12.3. The standard InChI is InChI=1S/C23H37N3O3S/c1-5-19(6-2)21(26-11-13-29-14-12-26)15-24-23(28)18(4)30-16-22(27)25-20-9-7-17(3)8-10-20/h7-10,18-19,21H,5-6,11-16H2,1-4H3,(H,24,28)(H,25,27). The fourth-order valence-electron chi connectivity index (χ4n) is 3.80. The first-order chi connectivity index (χ1) is 14.4. The van der Waals surface area contributed by atoms with E-state index in [1.54, 1.807) is 0 Å². The molecule has 1 fully saturated rings. The van der Waals surface area contributed by atoms with Crippen LogP contribution in [0.3, 0.4) is 0 Å². The number of benzene rings is 1. The lowest BCUT2D eigenvalue weighted by Crippen LogP contribution is -2.52. The third-order valence-corrected chi connectivity index (χ3v) is 6.90. The molecule has 0 radical (unpaired) electrons. The maximum Gasteiger partial charge on any atom is 0.234 e. The largest absolute Gasteiger partial charge is 0.379 e. The molecular formula is C23H37N3O3S. The van der Waals surface area contributed by atoms with Gasteiger partial charge in [0, 0.05) is 31.4 Å². The molecule has 0 bridgehead atoms. The molecule has 1 heterocycles. The van der Waals surface area contributed by atoms with Crippen LogP contribution in [0, 0.1) is 12.8 Å². The number of rotatable bonds is 11. The van der Waals surface area contributed by atoms with Crippen molar-refractivity contribution in [3.8, 4) is 0 Å². The quantitative estimate of drug-likeness (QED) is 0.558. The predicted octanol–water partition coefficient (Wildman–Crippen LogP) is 3.31. The van der Waals surface area contributed by atoms with Crippen molar-refractivity contribution < 1.29 is 14.3 Å². The van der Waals surface area contributed by atoms with Gasteiger partial charge in [-0.15, -0.1) is 11.8 Å². The molecule has 2 atom stereocenters.